The molecule has 0 rings (SSSR count). The quantitative estimate of drug-likeness (QED) is 0.535. The summed E-state index contributed by atoms with van der Waals surface area (Å²) in [7, 11) is 0. The van der Waals surface area contributed by atoms with Crippen molar-refractivity contribution in [3.05, 3.63) is 11.6 Å². The van der Waals surface area contributed by atoms with E-state index < -0.39 is 17.5 Å². The average molecular weight is 228 g/mol. The van der Waals surface area contributed by atoms with E-state index in [1.807, 2.05) is 6.92 Å². The number of esters is 2. The molecular weight excluding hydrogens is 208 g/mol. The molecule has 0 amide bonds. The fourth-order valence-electron chi connectivity index (χ4n) is 0.840. The Morgan fingerprint density at radius 1 is 1.31 bits per heavy atom. The van der Waals surface area contributed by atoms with Crippen molar-refractivity contribution in [1.82, 2.24) is 0 Å². The molecule has 0 saturated carbocycles. The summed E-state index contributed by atoms with van der Waals surface area (Å²) >= 11 is 0. The number of rotatable bonds is 5. The van der Waals surface area contributed by atoms with Gasteiger partial charge in [-0.2, -0.15) is 0 Å². The lowest BCUT2D eigenvalue weighted by molar-refractivity contribution is -0.176. The van der Waals surface area contributed by atoms with Gasteiger partial charge in [0.05, 0.1) is 6.61 Å². The topological polar surface area (TPSA) is 52.6 Å². The lowest BCUT2D eigenvalue weighted by Crippen LogP contribution is -2.39. The van der Waals surface area contributed by atoms with Crippen molar-refractivity contribution in [3.63, 3.8) is 0 Å². The van der Waals surface area contributed by atoms with Gasteiger partial charge in [0, 0.05) is 5.57 Å². The molecule has 0 radical (unpaired) electrons. The molecule has 0 aliphatic heterocycles. The normalized spacial score (nSPS) is 12.2. The Morgan fingerprint density at radius 2 is 1.88 bits per heavy atom. The van der Waals surface area contributed by atoms with Gasteiger partial charge in [-0.3, -0.25) is 0 Å². The lowest BCUT2D eigenvalue weighted by atomic mass is 10.1. The summed E-state index contributed by atoms with van der Waals surface area (Å²) in [6.07, 6.45) is 2.37. The van der Waals surface area contributed by atoms with Crippen molar-refractivity contribution in [3.8, 4) is 0 Å². The number of allylic oxidation sites excluding steroid dienone is 1. The molecule has 0 aliphatic carbocycles. The van der Waals surface area contributed by atoms with Gasteiger partial charge >= 0.3 is 11.9 Å². The molecule has 0 saturated heterocycles. The van der Waals surface area contributed by atoms with Gasteiger partial charge in [-0.1, -0.05) is 13.0 Å². The standard InChI is InChI=1S/C12H20O4/c1-6-8-15-11(14)12(4,5)16-10(13)9(3)7-2/h7H,6,8H2,1-5H3. The van der Waals surface area contributed by atoms with Crippen molar-refractivity contribution >= 4 is 11.9 Å². The van der Waals surface area contributed by atoms with Crippen molar-refractivity contribution in [1.29, 1.82) is 0 Å². The summed E-state index contributed by atoms with van der Waals surface area (Å²) in [5.74, 6) is -1.02. The van der Waals surface area contributed by atoms with Crippen LogP contribution in [0.3, 0.4) is 0 Å². The van der Waals surface area contributed by atoms with E-state index in [2.05, 4.69) is 0 Å². The second kappa shape index (κ2) is 6.30. The van der Waals surface area contributed by atoms with E-state index >= 15 is 0 Å². The maximum Gasteiger partial charge on any atom is 0.350 e. The highest BCUT2D eigenvalue weighted by Gasteiger charge is 2.33. The van der Waals surface area contributed by atoms with Crippen molar-refractivity contribution in [2.45, 2.75) is 46.6 Å². The predicted molar refractivity (Wildman–Crippen MR) is 60.9 cm³/mol. The highest BCUT2D eigenvalue weighted by Crippen LogP contribution is 2.14. The van der Waals surface area contributed by atoms with Gasteiger partial charge in [0.2, 0.25) is 5.60 Å². The molecule has 0 aromatic heterocycles. The number of carbonyl (C=O) groups is 2. The fourth-order valence-corrected chi connectivity index (χ4v) is 0.840. The number of hydrogen-bond acceptors (Lipinski definition) is 4. The third-order valence-corrected chi connectivity index (χ3v) is 2.03. The minimum Gasteiger partial charge on any atom is -0.463 e. The Bertz CT molecular complexity index is 289. The highest BCUT2D eigenvalue weighted by molar-refractivity contribution is 5.91. The molecule has 0 bridgehead atoms. The summed E-state index contributed by atoms with van der Waals surface area (Å²) in [6, 6.07) is 0. The van der Waals surface area contributed by atoms with E-state index in [1.165, 1.54) is 13.8 Å². The van der Waals surface area contributed by atoms with E-state index in [1.54, 1.807) is 19.9 Å². The van der Waals surface area contributed by atoms with Crippen LogP contribution in [-0.4, -0.2) is 24.1 Å². The zero-order valence-corrected chi connectivity index (χ0v) is 10.6. The van der Waals surface area contributed by atoms with Gasteiger partial charge in [0.1, 0.15) is 0 Å². The van der Waals surface area contributed by atoms with Crippen LogP contribution in [0.2, 0.25) is 0 Å². The van der Waals surface area contributed by atoms with Gasteiger partial charge in [0.15, 0.2) is 0 Å². The smallest absolute Gasteiger partial charge is 0.350 e. The molecule has 0 aromatic rings. The molecular formula is C12H20O4. The van der Waals surface area contributed by atoms with Gasteiger partial charge < -0.3 is 9.47 Å². The second-order valence-electron chi connectivity index (χ2n) is 4.01. The molecule has 0 aromatic carbocycles. The lowest BCUT2D eigenvalue weighted by Gasteiger charge is -2.23. The van der Waals surface area contributed by atoms with Crippen LogP contribution >= 0.6 is 0 Å². The van der Waals surface area contributed by atoms with Crippen LogP contribution in [0, 0.1) is 0 Å². The first-order valence-corrected chi connectivity index (χ1v) is 5.38. The molecule has 0 unspecified atom stereocenters. The first kappa shape index (κ1) is 14.7. The molecule has 92 valence electrons. The van der Waals surface area contributed by atoms with Gasteiger partial charge in [-0.05, 0) is 34.1 Å². The zero-order chi connectivity index (χ0) is 12.8. The van der Waals surface area contributed by atoms with Crippen molar-refractivity contribution in [2.75, 3.05) is 6.61 Å². The first-order valence-electron chi connectivity index (χ1n) is 5.38. The Labute approximate surface area is 96.6 Å². The predicted octanol–water partition coefficient (Wildman–Crippen LogP) is 2.23. The minimum absolute atomic E-state index is 0.336. The van der Waals surface area contributed by atoms with Crippen LogP contribution in [-0.2, 0) is 19.1 Å². The Kier molecular flexibility index (Phi) is 5.78. The third-order valence-electron chi connectivity index (χ3n) is 2.03. The summed E-state index contributed by atoms with van der Waals surface area (Å²) in [5.41, 5.74) is -0.771. The van der Waals surface area contributed by atoms with E-state index in [4.69, 9.17) is 9.47 Å². The summed E-state index contributed by atoms with van der Waals surface area (Å²) in [4.78, 5) is 23.0. The molecule has 0 fully saturated rings. The summed E-state index contributed by atoms with van der Waals surface area (Å²) < 4.78 is 10.0. The second-order valence-corrected chi connectivity index (χ2v) is 4.01. The number of hydrogen-bond donors (Lipinski definition) is 0. The van der Waals surface area contributed by atoms with E-state index in [-0.39, 0.29) is 0 Å². The fraction of sp³-hybridized carbons (Fsp3) is 0.667. The number of ether oxygens (including phenoxy) is 2. The number of carbonyl (C=O) groups excluding carboxylic acids is 2. The van der Waals surface area contributed by atoms with Gasteiger partial charge in [-0.15, -0.1) is 0 Å². The molecule has 4 heteroatoms. The van der Waals surface area contributed by atoms with Crippen LogP contribution in [0.4, 0.5) is 0 Å². The van der Waals surface area contributed by atoms with Gasteiger partial charge in [0.25, 0.3) is 0 Å². The van der Waals surface area contributed by atoms with Gasteiger partial charge in [-0.25, -0.2) is 9.59 Å². The zero-order valence-electron chi connectivity index (χ0n) is 10.6. The average Bonchev–Trinajstić information content (AvgIpc) is 2.23. The molecule has 16 heavy (non-hydrogen) atoms. The van der Waals surface area contributed by atoms with E-state index in [0.717, 1.165) is 6.42 Å². The largest absolute Gasteiger partial charge is 0.463 e. The SMILES string of the molecule is CC=C(C)C(=O)OC(C)(C)C(=O)OCCC. The minimum atomic E-state index is -1.24. The first-order chi connectivity index (χ1) is 7.35. The Balaban J connectivity index is 4.44. The van der Waals surface area contributed by atoms with Crippen molar-refractivity contribution < 1.29 is 19.1 Å². The molecule has 0 heterocycles. The highest BCUT2D eigenvalue weighted by atomic mass is 16.6. The van der Waals surface area contributed by atoms with Crippen LogP contribution < -0.4 is 0 Å². The third kappa shape index (κ3) is 4.47. The van der Waals surface area contributed by atoms with Crippen LogP contribution in [0.15, 0.2) is 11.6 Å². The summed E-state index contributed by atoms with van der Waals surface area (Å²) in [5, 5.41) is 0. The maximum absolute atomic E-state index is 11.6. The van der Waals surface area contributed by atoms with Crippen LogP contribution in [0.5, 0.6) is 0 Å². The maximum atomic E-state index is 11.6. The van der Waals surface area contributed by atoms with Crippen LogP contribution in [0.1, 0.15) is 41.0 Å². The Morgan fingerprint density at radius 3 is 2.31 bits per heavy atom. The Hall–Kier alpha value is -1.32. The van der Waals surface area contributed by atoms with E-state index in [9.17, 15) is 9.59 Å². The van der Waals surface area contributed by atoms with Crippen molar-refractivity contribution in [2.24, 2.45) is 0 Å². The summed E-state index contributed by atoms with van der Waals surface area (Å²) in [6.45, 7) is 8.64. The molecule has 4 nitrogen and oxygen atoms in total. The molecule has 0 spiro atoms. The molecule has 0 aliphatic rings. The van der Waals surface area contributed by atoms with Crippen LogP contribution in [0.25, 0.3) is 0 Å². The molecule has 0 N–H and O–H groups in total. The molecule has 0 atom stereocenters. The monoisotopic (exact) mass is 228 g/mol. The van der Waals surface area contributed by atoms with E-state index in [0.29, 0.717) is 12.2 Å².